The van der Waals surface area contributed by atoms with Crippen LogP contribution in [0, 0.1) is 6.92 Å². The molecule has 202 valence electrons. The normalized spacial score (nSPS) is 14.5. The number of benzene rings is 2. The summed E-state index contributed by atoms with van der Waals surface area (Å²) in [5.74, 6) is -0.207. The fourth-order valence-corrected chi connectivity index (χ4v) is 5.94. The molecule has 39 heavy (non-hydrogen) atoms. The van der Waals surface area contributed by atoms with Gasteiger partial charge in [-0.05, 0) is 49.7 Å². The van der Waals surface area contributed by atoms with Gasteiger partial charge >= 0.3 is 5.97 Å². The molecule has 2 aromatic heterocycles. The maximum atomic E-state index is 13.9. The standard InChI is InChI=1S/C27H23BrN2O8S/c1-6-37-26(33)24-12(2)29-27(39-24)30-20(13-9-17(34-3)22(36-5)18(10-13)35-4)19-21(31)15-11-14(28)7-8-16(15)38-23(19)25(30)32/h7-11,20H,6H2,1-5H3. The van der Waals surface area contributed by atoms with Crippen LogP contribution in [-0.4, -0.2) is 44.8 Å². The van der Waals surface area contributed by atoms with Gasteiger partial charge in [-0.3, -0.25) is 14.5 Å². The van der Waals surface area contributed by atoms with Crippen molar-refractivity contribution in [1.82, 2.24) is 4.98 Å². The number of hydrogen-bond acceptors (Lipinski definition) is 10. The van der Waals surface area contributed by atoms with Crippen molar-refractivity contribution in [2.45, 2.75) is 19.9 Å². The first-order valence-electron chi connectivity index (χ1n) is 11.8. The van der Waals surface area contributed by atoms with E-state index >= 15 is 0 Å². The van der Waals surface area contributed by atoms with E-state index in [4.69, 9.17) is 23.4 Å². The van der Waals surface area contributed by atoms with Crippen molar-refractivity contribution in [2.75, 3.05) is 32.8 Å². The van der Waals surface area contributed by atoms with Gasteiger partial charge < -0.3 is 23.4 Å². The molecule has 1 aliphatic heterocycles. The Morgan fingerprint density at radius 3 is 2.41 bits per heavy atom. The van der Waals surface area contributed by atoms with Crippen LogP contribution in [0.5, 0.6) is 17.2 Å². The molecule has 0 spiro atoms. The molecule has 1 amide bonds. The van der Waals surface area contributed by atoms with E-state index in [2.05, 4.69) is 20.9 Å². The minimum atomic E-state index is -0.971. The number of rotatable bonds is 7. The van der Waals surface area contributed by atoms with Crippen molar-refractivity contribution >= 4 is 55.2 Å². The summed E-state index contributed by atoms with van der Waals surface area (Å²) in [5, 5.41) is 0.507. The van der Waals surface area contributed by atoms with Gasteiger partial charge in [0, 0.05) is 4.47 Å². The van der Waals surface area contributed by atoms with Crippen LogP contribution < -0.4 is 24.5 Å². The van der Waals surface area contributed by atoms with E-state index in [9.17, 15) is 14.4 Å². The van der Waals surface area contributed by atoms with Crippen LogP contribution in [-0.2, 0) is 4.74 Å². The largest absolute Gasteiger partial charge is 0.493 e. The predicted octanol–water partition coefficient (Wildman–Crippen LogP) is 5.27. The van der Waals surface area contributed by atoms with Gasteiger partial charge in [0.15, 0.2) is 22.1 Å². The summed E-state index contributed by atoms with van der Waals surface area (Å²) >= 11 is 4.40. The number of halogens is 1. The predicted molar refractivity (Wildman–Crippen MR) is 148 cm³/mol. The molecule has 10 nitrogen and oxygen atoms in total. The van der Waals surface area contributed by atoms with Crippen molar-refractivity contribution < 1.29 is 33.0 Å². The number of thiazole rings is 1. The van der Waals surface area contributed by atoms with Crippen molar-refractivity contribution in [3.63, 3.8) is 0 Å². The topological polar surface area (TPSA) is 117 Å². The molecule has 1 atom stereocenters. The van der Waals surface area contributed by atoms with Crippen molar-refractivity contribution in [3.8, 4) is 17.2 Å². The van der Waals surface area contributed by atoms with E-state index in [1.807, 2.05) is 0 Å². The second-order valence-corrected chi connectivity index (χ2v) is 10.4. The number of amides is 1. The van der Waals surface area contributed by atoms with Crippen molar-refractivity contribution in [1.29, 1.82) is 0 Å². The van der Waals surface area contributed by atoms with Crippen LogP contribution in [0.25, 0.3) is 11.0 Å². The lowest BCUT2D eigenvalue weighted by Gasteiger charge is -2.24. The first-order chi connectivity index (χ1) is 18.7. The van der Waals surface area contributed by atoms with Gasteiger partial charge in [0.05, 0.1) is 50.6 Å². The molecule has 1 unspecified atom stereocenters. The van der Waals surface area contributed by atoms with E-state index in [1.54, 1.807) is 44.2 Å². The van der Waals surface area contributed by atoms with Crippen LogP contribution >= 0.6 is 27.3 Å². The Balaban J connectivity index is 1.80. The maximum absolute atomic E-state index is 13.9. The number of methoxy groups -OCH3 is 3. The molecule has 0 aliphatic carbocycles. The van der Waals surface area contributed by atoms with Gasteiger partial charge in [0.1, 0.15) is 10.5 Å². The molecule has 0 saturated carbocycles. The third-order valence-electron chi connectivity index (χ3n) is 6.29. The van der Waals surface area contributed by atoms with Gasteiger partial charge in [-0.1, -0.05) is 27.3 Å². The number of anilines is 1. The Hall–Kier alpha value is -3.90. The third-order valence-corrected chi connectivity index (χ3v) is 7.92. The van der Waals surface area contributed by atoms with Crippen molar-refractivity contribution in [2.24, 2.45) is 0 Å². The van der Waals surface area contributed by atoms with Gasteiger partial charge in [0.2, 0.25) is 11.5 Å². The highest BCUT2D eigenvalue weighted by Gasteiger charge is 2.46. The summed E-state index contributed by atoms with van der Waals surface area (Å²) in [4.78, 5) is 46.6. The lowest BCUT2D eigenvalue weighted by Crippen LogP contribution is -2.29. The molecule has 2 aromatic carbocycles. The Kier molecular flexibility index (Phi) is 7.08. The second-order valence-electron chi connectivity index (χ2n) is 8.48. The number of hydrogen-bond donors (Lipinski definition) is 0. The molecule has 4 aromatic rings. The average Bonchev–Trinajstić information content (AvgIpc) is 3.45. The molecular weight excluding hydrogens is 592 g/mol. The van der Waals surface area contributed by atoms with Crippen LogP contribution in [0.15, 0.2) is 44.0 Å². The van der Waals surface area contributed by atoms with Crippen molar-refractivity contribution in [3.05, 3.63) is 72.5 Å². The Bertz CT molecular complexity index is 1670. The summed E-state index contributed by atoms with van der Waals surface area (Å²) < 4.78 is 28.4. The highest BCUT2D eigenvalue weighted by atomic mass is 79.9. The van der Waals surface area contributed by atoms with Gasteiger partial charge in [0.25, 0.3) is 5.91 Å². The SMILES string of the molecule is CCOC(=O)c1sc(N2C(=O)c3oc4ccc(Br)cc4c(=O)c3C2c2cc(OC)c(OC)c(OC)c2)nc1C. The zero-order valence-electron chi connectivity index (χ0n) is 21.6. The number of nitrogens with zero attached hydrogens (tertiary/aromatic N) is 2. The Morgan fingerprint density at radius 1 is 1.10 bits per heavy atom. The van der Waals surface area contributed by atoms with Gasteiger partial charge in [-0.15, -0.1) is 0 Å². The summed E-state index contributed by atoms with van der Waals surface area (Å²) in [5.41, 5.74) is 0.910. The Morgan fingerprint density at radius 2 is 1.79 bits per heavy atom. The molecule has 0 saturated heterocycles. The second kappa shape index (κ2) is 10.3. The van der Waals surface area contributed by atoms with Gasteiger partial charge in [-0.25, -0.2) is 9.78 Å². The number of fused-ring (bicyclic) bond motifs is 2. The lowest BCUT2D eigenvalue weighted by atomic mass is 9.98. The molecular formula is C27H23BrN2O8S. The number of carbonyl (C=O) groups is 2. The molecule has 0 N–H and O–H groups in total. The first kappa shape index (κ1) is 26.7. The minimum Gasteiger partial charge on any atom is -0.493 e. The summed E-state index contributed by atoms with van der Waals surface area (Å²) in [6.45, 7) is 3.55. The molecule has 0 bridgehead atoms. The zero-order chi connectivity index (χ0) is 28.0. The summed E-state index contributed by atoms with van der Waals surface area (Å²) in [6, 6.07) is 7.35. The van der Waals surface area contributed by atoms with Crippen LogP contribution in [0.1, 0.15) is 50.0 Å². The number of esters is 1. The number of carbonyl (C=O) groups excluding carboxylic acids is 2. The minimum absolute atomic E-state index is 0.112. The number of ether oxygens (including phenoxy) is 4. The van der Waals surface area contributed by atoms with Crippen LogP contribution in [0.4, 0.5) is 5.13 Å². The molecule has 0 radical (unpaired) electrons. The summed E-state index contributed by atoms with van der Waals surface area (Å²) in [6.07, 6.45) is 0. The lowest BCUT2D eigenvalue weighted by molar-refractivity contribution is 0.0531. The quantitative estimate of drug-likeness (QED) is 0.256. The molecule has 1 aliphatic rings. The van der Waals surface area contributed by atoms with E-state index in [-0.39, 0.29) is 39.0 Å². The molecule has 12 heteroatoms. The molecule has 5 rings (SSSR count). The number of aromatic nitrogens is 1. The molecule has 3 heterocycles. The summed E-state index contributed by atoms with van der Waals surface area (Å²) in [7, 11) is 4.43. The molecule has 0 fully saturated rings. The smallest absolute Gasteiger partial charge is 0.350 e. The zero-order valence-corrected chi connectivity index (χ0v) is 24.0. The Labute approximate surface area is 235 Å². The van der Waals surface area contributed by atoms with Crippen LogP contribution in [0.3, 0.4) is 0 Å². The van der Waals surface area contributed by atoms with Crippen LogP contribution in [0.2, 0.25) is 0 Å². The average molecular weight is 615 g/mol. The first-order valence-corrected chi connectivity index (χ1v) is 13.4. The van der Waals surface area contributed by atoms with E-state index in [1.165, 1.54) is 26.2 Å². The van der Waals surface area contributed by atoms with E-state index in [0.29, 0.717) is 38.4 Å². The fourth-order valence-electron chi connectivity index (χ4n) is 4.59. The third kappa shape index (κ3) is 4.33. The number of aryl methyl sites for hydroxylation is 1. The van der Waals surface area contributed by atoms with Gasteiger partial charge in [-0.2, -0.15) is 0 Å². The monoisotopic (exact) mass is 614 g/mol. The maximum Gasteiger partial charge on any atom is 0.350 e. The van der Waals surface area contributed by atoms with E-state index in [0.717, 1.165) is 11.3 Å². The highest BCUT2D eigenvalue weighted by molar-refractivity contribution is 9.10. The van der Waals surface area contributed by atoms with E-state index < -0.39 is 17.9 Å². The highest BCUT2D eigenvalue weighted by Crippen LogP contribution is 2.47. The fraction of sp³-hybridized carbons (Fsp3) is 0.259.